The van der Waals surface area contributed by atoms with E-state index in [0.29, 0.717) is 5.41 Å². The number of likely N-dealkylation sites (tertiary alicyclic amines) is 1. The van der Waals surface area contributed by atoms with Gasteiger partial charge < -0.3 is 15.1 Å². The average Bonchev–Trinajstić information content (AvgIpc) is 2.42. The molecule has 1 N–H and O–H groups in total. The van der Waals surface area contributed by atoms with Crippen LogP contribution in [-0.2, 0) is 0 Å². The molecule has 20 heavy (non-hydrogen) atoms. The van der Waals surface area contributed by atoms with Crippen molar-refractivity contribution >= 4 is 5.95 Å². The van der Waals surface area contributed by atoms with Gasteiger partial charge in [0.1, 0.15) is 0 Å². The summed E-state index contributed by atoms with van der Waals surface area (Å²) in [6, 6.07) is 1.88. The van der Waals surface area contributed by atoms with E-state index in [2.05, 4.69) is 25.1 Å². The van der Waals surface area contributed by atoms with Crippen molar-refractivity contribution in [1.29, 1.82) is 0 Å². The van der Waals surface area contributed by atoms with Crippen LogP contribution in [0.1, 0.15) is 12.8 Å². The largest absolute Gasteiger partial charge is 0.339 e. The van der Waals surface area contributed by atoms with E-state index in [4.69, 9.17) is 0 Å². The molecule has 3 fully saturated rings. The third-order valence-electron chi connectivity index (χ3n) is 4.98. The lowest BCUT2D eigenvalue weighted by molar-refractivity contribution is -0.0334. The molecule has 0 aromatic carbocycles. The van der Waals surface area contributed by atoms with E-state index in [9.17, 15) is 0 Å². The summed E-state index contributed by atoms with van der Waals surface area (Å²) in [5.41, 5.74) is 0.548. The number of hydrogen-bond acceptors (Lipinski definition) is 5. The highest BCUT2D eigenvalue weighted by Crippen LogP contribution is 2.41. The molecule has 0 radical (unpaired) electrons. The van der Waals surface area contributed by atoms with Gasteiger partial charge in [-0.1, -0.05) is 0 Å². The van der Waals surface area contributed by atoms with Crippen LogP contribution in [0.2, 0.25) is 0 Å². The first-order chi connectivity index (χ1) is 9.83. The number of piperidine rings is 1. The zero-order chi connectivity index (χ0) is 13.4. The second-order valence-electron chi connectivity index (χ2n) is 6.77. The molecule has 0 atom stereocenters. The Morgan fingerprint density at radius 1 is 1.10 bits per heavy atom. The fraction of sp³-hybridized carbons (Fsp3) is 0.733. The zero-order valence-corrected chi connectivity index (χ0v) is 12.0. The fourth-order valence-corrected chi connectivity index (χ4v) is 4.02. The summed E-state index contributed by atoms with van der Waals surface area (Å²) in [4.78, 5) is 13.6. The molecular formula is C15H23N5. The molecule has 1 spiro atoms. The molecule has 5 nitrogen and oxygen atoms in total. The van der Waals surface area contributed by atoms with Crippen LogP contribution in [0.3, 0.4) is 0 Å². The predicted octanol–water partition coefficient (Wildman–Crippen LogP) is 0.598. The van der Waals surface area contributed by atoms with Gasteiger partial charge in [-0.15, -0.1) is 0 Å². The smallest absolute Gasteiger partial charge is 0.225 e. The van der Waals surface area contributed by atoms with E-state index in [1.54, 1.807) is 0 Å². The maximum Gasteiger partial charge on any atom is 0.225 e. The molecule has 4 heterocycles. The highest BCUT2D eigenvalue weighted by atomic mass is 15.4. The van der Waals surface area contributed by atoms with Gasteiger partial charge in [0.05, 0.1) is 0 Å². The summed E-state index contributed by atoms with van der Waals surface area (Å²) >= 11 is 0. The lowest BCUT2D eigenvalue weighted by Gasteiger charge is -2.60. The van der Waals surface area contributed by atoms with Crippen molar-refractivity contribution in [3.05, 3.63) is 18.5 Å². The van der Waals surface area contributed by atoms with Gasteiger partial charge >= 0.3 is 0 Å². The summed E-state index contributed by atoms with van der Waals surface area (Å²) in [5.74, 6) is 1.82. The third-order valence-corrected chi connectivity index (χ3v) is 4.98. The Hall–Kier alpha value is -1.20. The Morgan fingerprint density at radius 3 is 2.50 bits per heavy atom. The van der Waals surface area contributed by atoms with Crippen molar-refractivity contribution in [2.24, 2.45) is 11.3 Å². The third kappa shape index (κ3) is 2.29. The highest BCUT2D eigenvalue weighted by Gasteiger charge is 2.52. The second-order valence-corrected chi connectivity index (χ2v) is 6.77. The van der Waals surface area contributed by atoms with Gasteiger partial charge in [-0.2, -0.15) is 0 Å². The van der Waals surface area contributed by atoms with Crippen LogP contribution in [0.4, 0.5) is 5.95 Å². The van der Waals surface area contributed by atoms with Gasteiger partial charge in [0.25, 0.3) is 0 Å². The first-order valence-electron chi connectivity index (χ1n) is 7.78. The van der Waals surface area contributed by atoms with E-state index in [1.165, 1.54) is 45.6 Å². The van der Waals surface area contributed by atoms with Gasteiger partial charge in [-0.3, -0.25) is 0 Å². The SMILES string of the molecule is c1cnc(N2CC3(CN(CC4CCNCC4)C3)C2)nc1. The average molecular weight is 273 g/mol. The molecule has 3 aliphatic heterocycles. The molecule has 1 aromatic rings. The standard InChI is InChI=1S/C15H23N5/c1-4-17-14(18-5-1)20-11-15(12-20)9-19(10-15)8-13-2-6-16-7-3-13/h1,4-5,13,16H,2-3,6-12H2. The number of rotatable bonds is 3. The summed E-state index contributed by atoms with van der Waals surface area (Å²) in [7, 11) is 0. The first-order valence-corrected chi connectivity index (χ1v) is 7.78. The van der Waals surface area contributed by atoms with Crippen molar-refractivity contribution in [2.45, 2.75) is 12.8 Å². The maximum atomic E-state index is 4.33. The molecule has 1 aromatic heterocycles. The number of hydrogen-bond donors (Lipinski definition) is 1. The fourth-order valence-electron chi connectivity index (χ4n) is 4.02. The van der Waals surface area contributed by atoms with E-state index in [-0.39, 0.29) is 0 Å². The number of anilines is 1. The lowest BCUT2D eigenvalue weighted by Crippen LogP contribution is -2.72. The minimum absolute atomic E-state index is 0.548. The number of aromatic nitrogens is 2. The molecule has 0 bridgehead atoms. The Kier molecular flexibility index (Phi) is 3.11. The molecule has 0 unspecified atom stereocenters. The lowest BCUT2D eigenvalue weighted by atomic mass is 9.72. The Balaban J connectivity index is 1.24. The minimum atomic E-state index is 0.548. The summed E-state index contributed by atoms with van der Waals surface area (Å²) in [6.07, 6.45) is 6.37. The quantitative estimate of drug-likeness (QED) is 0.873. The summed E-state index contributed by atoms with van der Waals surface area (Å²) in [6.45, 7) is 8.57. The molecular weight excluding hydrogens is 250 g/mol. The van der Waals surface area contributed by atoms with Gasteiger partial charge in [0.15, 0.2) is 0 Å². The topological polar surface area (TPSA) is 44.3 Å². The first kappa shape index (κ1) is 12.5. The molecule has 3 aliphatic rings. The van der Waals surface area contributed by atoms with Crippen LogP contribution >= 0.6 is 0 Å². The molecule has 0 amide bonds. The normalized spacial score (nSPS) is 26.3. The van der Waals surface area contributed by atoms with Crippen LogP contribution in [0, 0.1) is 11.3 Å². The van der Waals surface area contributed by atoms with Crippen molar-refractivity contribution in [1.82, 2.24) is 20.2 Å². The van der Waals surface area contributed by atoms with Gasteiger partial charge in [-0.25, -0.2) is 9.97 Å². The van der Waals surface area contributed by atoms with Gasteiger partial charge in [0, 0.05) is 50.5 Å². The molecule has 0 saturated carbocycles. The Morgan fingerprint density at radius 2 is 1.80 bits per heavy atom. The maximum absolute atomic E-state index is 4.33. The molecule has 0 aliphatic carbocycles. The second kappa shape index (κ2) is 4.97. The van der Waals surface area contributed by atoms with Crippen LogP contribution in [0.5, 0.6) is 0 Å². The highest BCUT2D eigenvalue weighted by molar-refractivity contribution is 5.37. The van der Waals surface area contributed by atoms with Gasteiger partial charge in [-0.05, 0) is 37.9 Å². The molecule has 108 valence electrons. The van der Waals surface area contributed by atoms with E-state index >= 15 is 0 Å². The van der Waals surface area contributed by atoms with E-state index in [0.717, 1.165) is 25.0 Å². The van der Waals surface area contributed by atoms with Crippen LogP contribution in [-0.4, -0.2) is 60.7 Å². The zero-order valence-electron chi connectivity index (χ0n) is 12.0. The predicted molar refractivity (Wildman–Crippen MR) is 78.7 cm³/mol. The van der Waals surface area contributed by atoms with Crippen LogP contribution in [0.25, 0.3) is 0 Å². The Labute approximate surface area is 120 Å². The summed E-state index contributed by atoms with van der Waals surface area (Å²) < 4.78 is 0. The minimum Gasteiger partial charge on any atom is -0.339 e. The molecule has 3 saturated heterocycles. The van der Waals surface area contributed by atoms with E-state index in [1.807, 2.05) is 18.5 Å². The van der Waals surface area contributed by atoms with Crippen molar-refractivity contribution < 1.29 is 0 Å². The van der Waals surface area contributed by atoms with Crippen LogP contribution < -0.4 is 10.2 Å². The van der Waals surface area contributed by atoms with Crippen molar-refractivity contribution in [3.8, 4) is 0 Å². The van der Waals surface area contributed by atoms with Crippen molar-refractivity contribution in [3.63, 3.8) is 0 Å². The van der Waals surface area contributed by atoms with E-state index < -0.39 is 0 Å². The van der Waals surface area contributed by atoms with Gasteiger partial charge in [0.2, 0.25) is 5.95 Å². The molecule has 5 heteroatoms. The Bertz CT molecular complexity index is 443. The number of nitrogens with zero attached hydrogens (tertiary/aromatic N) is 4. The summed E-state index contributed by atoms with van der Waals surface area (Å²) in [5, 5.41) is 3.45. The van der Waals surface area contributed by atoms with Crippen LogP contribution in [0.15, 0.2) is 18.5 Å². The monoisotopic (exact) mass is 273 g/mol. The number of nitrogens with one attached hydrogen (secondary N) is 1. The van der Waals surface area contributed by atoms with Crippen molar-refractivity contribution in [2.75, 3.05) is 50.7 Å². The molecule has 4 rings (SSSR count).